The molecule has 0 radical (unpaired) electrons. The summed E-state index contributed by atoms with van der Waals surface area (Å²) < 4.78 is 9.85. The molecule has 18 heavy (non-hydrogen) atoms. The lowest BCUT2D eigenvalue weighted by Gasteiger charge is -2.22. The Bertz CT molecular complexity index is 259. The summed E-state index contributed by atoms with van der Waals surface area (Å²) in [4.78, 5) is 13.5. The van der Waals surface area contributed by atoms with Crippen molar-refractivity contribution in [2.45, 2.75) is 19.3 Å². The lowest BCUT2D eigenvalue weighted by atomic mass is 10.2. The molecule has 0 fully saturated rings. The van der Waals surface area contributed by atoms with Crippen molar-refractivity contribution in [2.75, 3.05) is 40.5 Å². The van der Waals surface area contributed by atoms with E-state index in [1.54, 1.807) is 19.1 Å². The quantitative estimate of drug-likeness (QED) is 0.190. The van der Waals surface area contributed by atoms with Crippen molar-refractivity contribution in [2.24, 2.45) is 10.9 Å². The molecule has 0 unspecified atom stereocenters. The molecule has 7 heteroatoms. The van der Waals surface area contributed by atoms with Crippen LogP contribution in [0.3, 0.4) is 0 Å². The van der Waals surface area contributed by atoms with Gasteiger partial charge in [0.1, 0.15) is 5.84 Å². The Balaban J connectivity index is 4.14. The highest BCUT2D eigenvalue weighted by Gasteiger charge is 2.13. The van der Waals surface area contributed by atoms with E-state index in [2.05, 4.69) is 5.16 Å². The van der Waals surface area contributed by atoms with Crippen LogP contribution in [0.25, 0.3) is 0 Å². The standard InChI is InChI=1S/C11H23N3O4/c1-17-8-3-4-11(15)14(7-9-18-2)6-5-10(12)13-16/h16H,3-9H2,1-2H3,(H2,12,13). The Morgan fingerprint density at radius 2 is 1.89 bits per heavy atom. The van der Waals surface area contributed by atoms with Crippen LogP contribution in [0.15, 0.2) is 5.16 Å². The van der Waals surface area contributed by atoms with Crippen LogP contribution >= 0.6 is 0 Å². The van der Waals surface area contributed by atoms with Gasteiger partial charge in [-0.25, -0.2) is 0 Å². The van der Waals surface area contributed by atoms with E-state index in [9.17, 15) is 4.79 Å². The normalized spacial score (nSPS) is 11.6. The molecule has 0 aliphatic carbocycles. The van der Waals surface area contributed by atoms with Crippen LogP contribution in [0.4, 0.5) is 0 Å². The summed E-state index contributed by atoms with van der Waals surface area (Å²) in [5.41, 5.74) is 5.38. The molecule has 0 rings (SSSR count). The number of carbonyl (C=O) groups excluding carboxylic acids is 1. The number of rotatable bonds is 10. The number of hydrogen-bond donors (Lipinski definition) is 2. The summed E-state index contributed by atoms with van der Waals surface area (Å²) in [6.07, 6.45) is 1.45. The van der Waals surface area contributed by atoms with Crippen molar-refractivity contribution in [3.63, 3.8) is 0 Å². The van der Waals surface area contributed by atoms with E-state index in [1.807, 2.05) is 0 Å². The van der Waals surface area contributed by atoms with E-state index in [0.29, 0.717) is 45.6 Å². The number of nitrogens with zero attached hydrogens (tertiary/aromatic N) is 2. The van der Waals surface area contributed by atoms with E-state index < -0.39 is 0 Å². The van der Waals surface area contributed by atoms with Crippen molar-refractivity contribution in [1.82, 2.24) is 4.90 Å². The molecule has 1 amide bonds. The highest BCUT2D eigenvalue weighted by Crippen LogP contribution is 2.00. The molecule has 7 nitrogen and oxygen atoms in total. The number of hydrogen-bond acceptors (Lipinski definition) is 5. The number of oxime groups is 1. The summed E-state index contributed by atoms with van der Waals surface area (Å²) in [6, 6.07) is 0. The number of methoxy groups -OCH3 is 2. The molecule has 0 saturated carbocycles. The third kappa shape index (κ3) is 7.86. The number of ether oxygens (including phenoxy) is 2. The minimum atomic E-state index is 0.0230. The van der Waals surface area contributed by atoms with E-state index in [0.717, 1.165) is 0 Å². The first kappa shape index (κ1) is 16.7. The van der Waals surface area contributed by atoms with Gasteiger partial charge in [-0.05, 0) is 6.42 Å². The smallest absolute Gasteiger partial charge is 0.222 e. The maximum absolute atomic E-state index is 11.9. The molecule has 0 heterocycles. The average Bonchev–Trinajstić information content (AvgIpc) is 2.38. The molecule has 0 aromatic carbocycles. The summed E-state index contributed by atoms with van der Waals surface area (Å²) >= 11 is 0. The van der Waals surface area contributed by atoms with E-state index in [4.69, 9.17) is 20.4 Å². The minimum absolute atomic E-state index is 0.0230. The molecular weight excluding hydrogens is 238 g/mol. The van der Waals surface area contributed by atoms with Gasteiger partial charge in [0.2, 0.25) is 5.91 Å². The predicted molar refractivity (Wildman–Crippen MR) is 67.6 cm³/mol. The van der Waals surface area contributed by atoms with Crippen LogP contribution in [-0.4, -0.2) is 62.4 Å². The van der Waals surface area contributed by atoms with Crippen LogP contribution < -0.4 is 5.73 Å². The lowest BCUT2D eigenvalue weighted by Crippen LogP contribution is -2.36. The van der Waals surface area contributed by atoms with Gasteiger partial charge in [-0.3, -0.25) is 4.79 Å². The molecule has 0 aliphatic rings. The monoisotopic (exact) mass is 261 g/mol. The lowest BCUT2D eigenvalue weighted by molar-refractivity contribution is -0.132. The molecule has 0 aliphatic heterocycles. The third-order valence-electron chi connectivity index (χ3n) is 2.42. The topological polar surface area (TPSA) is 97.4 Å². The molecule has 0 spiro atoms. The number of amidine groups is 1. The molecule has 0 saturated heterocycles. The second-order valence-corrected chi connectivity index (χ2v) is 3.81. The minimum Gasteiger partial charge on any atom is -0.409 e. The molecule has 0 bridgehead atoms. The zero-order valence-electron chi connectivity index (χ0n) is 11.1. The first-order valence-electron chi connectivity index (χ1n) is 5.87. The molecule has 3 N–H and O–H groups in total. The Hall–Kier alpha value is -1.34. The SMILES string of the molecule is COCCCC(=O)N(CCOC)CCC(N)=NO. The van der Waals surface area contributed by atoms with Gasteiger partial charge in [0.05, 0.1) is 6.61 Å². The zero-order valence-corrected chi connectivity index (χ0v) is 11.1. The molecule has 0 aromatic heterocycles. The first-order valence-corrected chi connectivity index (χ1v) is 5.87. The summed E-state index contributed by atoms with van der Waals surface area (Å²) in [5, 5.41) is 11.3. The average molecular weight is 261 g/mol. The van der Waals surface area contributed by atoms with Crippen LogP contribution in [-0.2, 0) is 14.3 Å². The number of nitrogens with two attached hydrogens (primary N) is 1. The van der Waals surface area contributed by atoms with Crippen molar-refractivity contribution in [3.8, 4) is 0 Å². The first-order chi connectivity index (χ1) is 8.65. The van der Waals surface area contributed by atoms with Gasteiger partial charge >= 0.3 is 0 Å². The van der Waals surface area contributed by atoms with E-state index in [1.165, 1.54) is 0 Å². The Labute approximate surface area is 108 Å². The van der Waals surface area contributed by atoms with Gasteiger partial charge in [-0.15, -0.1) is 0 Å². The predicted octanol–water partition coefficient (Wildman–Crippen LogP) is 0.0245. The number of amides is 1. The van der Waals surface area contributed by atoms with E-state index >= 15 is 0 Å². The summed E-state index contributed by atoms with van der Waals surface area (Å²) in [7, 11) is 3.18. The van der Waals surface area contributed by atoms with Gasteiger partial charge in [0.25, 0.3) is 0 Å². The van der Waals surface area contributed by atoms with Crippen molar-refractivity contribution in [1.29, 1.82) is 0 Å². The van der Waals surface area contributed by atoms with Crippen molar-refractivity contribution < 1.29 is 19.5 Å². The van der Waals surface area contributed by atoms with Crippen molar-refractivity contribution >= 4 is 11.7 Å². The Morgan fingerprint density at radius 1 is 1.22 bits per heavy atom. The maximum Gasteiger partial charge on any atom is 0.222 e. The van der Waals surface area contributed by atoms with Gasteiger partial charge in [0, 0.05) is 46.8 Å². The van der Waals surface area contributed by atoms with Gasteiger partial charge < -0.3 is 25.3 Å². The highest BCUT2D eigenvalue weighted by molar-refractivity contribution is 5.81. The fraction of sp³-hybridized carbons (Fsp3) is 0.818. The van der Waals surface area contributed by atoms with Crippen LogP contribution in [0.2, 0.25) is 0 Å². The number of carbonyl (C=O) groups is 1. The second kappa shape index (κ2) is 10.8. The van der Waals surface area contributed by atoms with E-state index in [-0.39, 0.29) is 11.7 Å². The second-order valence-electron chi connectivity index (χ2n) is 3.81. The summed E-state index contributed by atoms with van der Waals surface area (Å²) in [6.45, 7) is 1.95. The largest absolute Gasteiger partial charge is 0.409 e. The fourth-order valence-corrected chi connectivity index (χ4v) is 1.39. The van der Waals surface area contributed by atoms with Crippen LogP contribution in [0, 0.1) is 0 Å². The van der Waals surface area contributed by atoms with Crippen LogP contribution in [0.5, 0.6) is 0 Å². The zero-order chi connectivity index (χ0) is 13.8. The Morgan fingerprint density at radius 3 is 2.44 bits per heavy atom. The van der Waals surface area contributed by atoms with Gasteiger partial charge in [0.15, 0.2) is 0 Å². The van der Waals surface area contributed by atoms with Crippen molar-refractivity contribution in [3.05, 3.63) is 0 Å². The Kier molecular flexibility index (Phi) is 9.99. The van der Waals surface area contributed by atoms with Gasteiger partial charge in [-0.1, -0.05) is 5.16 Å². The highest BCUT2D eigenvalue weighted by atomic mass is 16.5. The molecular formula is C11H23N3O4. The fourth-order valence-electron chi connectivity index (χ4n) is 1.39. The molecule has 0 aromatic rings. The third-order valence-corrected chi connectivity index (χ3v) is 2.42. The van der Waals surface area contributed by atoms with Gasteiger partial charge in [-0.2, -0.15) is 0 Å². The van der Waals surface area contributed by atoms with Crippen LogP contribution in [0.1, 0.15) is 19.3 Å². The molecule has 0 atom stereocenters. The molecule has 106 valence electrons. The summed E-state index contributed by atoms with van der Waals surface area (Å²) in [5.74, 6) is 0.136. The maximum atomic E-state index is 11.9.